The van der Waals surface area contributed by atoms with Gasteiger partial charge in [-0.15, -0.1) is 11.3 Å². The summed E-state index contributed by atoms with van der Waals surface area (Å²) in [5.41, 5.74) is 1.03. The van der Waals surface area contributed by atoms with Crippen LogP contribution in [0.15, 0.2) is 51.5 Å². The normalized spacial score (nSPS) is 10.8. The highest BCUT2D eigenvalue weighted by Crippen LogP contribution is 2.28. The van der Waals surface area contributed by atoms with Crippen LogP contribution < -0.4 is 5.32 Å². The Morgan fingerprint density at radius 2 is 2.00 bits per heavy atom. The molecule has 4 aromatic rings. The summed E-state index contributed by atoms with van der Waals surface area (Å²) in [6.45, 7) is 2.02. The number of carbonyl (C=O) groups is 1. The molecule has 0 aliphatic heterocycles. The number of hydrogen-bond donors (Lipinski definition) is 1. The smallest absolute Gasteiger partial charge is 0.279 e. The maximum atomic E-state index is 12.4. The standard InChI is InChI=1S/C17H11BrN4O2S2/c1-9-2-7-14(25-9)15-19-17(26-22-15)20-16(23)12-8-13(24-21-12)10-3-5-11(18)6-4-10/h2-8H,1H3,(H,19,20,22,23). The number of amides is 1. The Hall–Kier alpha value is -2.36. The van der Waals surface area contributed by atoms with Gasteiger partial charge in [0.05, 0.1) is 4.88 Å². The molecule has 0 saturated carbocycles. The molecule has 0 bridgehead atoms. The van der Waals surface area contributed by atoms with Gasteiger partial charge in [0, 0.05) is 32.5 Å². The molecule has 0 saturated heterocycles. The average molecular weight is 447 g/mol. The largest absolute Gasteiger partial charge is 0.355 e. The van der Waals surface area contributed by atoms with Gasteiger partial charge < -0.3 is 4.52 Å². The number of nitrogens with one attached hydrogen (secondary N) is 1. The van der Waals surface area contributed by atoms with E-state index in [1.54, 1.807) is 17.4 Å². The van der Waals surface area contributed by atoms with Crippen LogP contribution in [0.25, 0.3) is 22.0 Å². The summed E-state index contributed by atoms with van der Waals surface area (Å²) < 4.78 is 10.5. The van der Waals surface area contributed by atoms with Gasteiger partial charge in [0.2, 0.25) is 5.13 Å². The molecule has 4 rings (SSSR count). The molecule has 3 heterocycles. The van der Waals surface area contributed by atoms with Crippen molar-refractivity contribution in [2.24, 2.45) is 0 Å². The molecule has 0 radical (unpaired) electrons. The Labute approximate surface area is 165 Å². The van der Waals surface area contributed by atoms with Gasteiger partial charge in [0.15, 0.2) is 17.3 Å². The molecule has 1 amide bonds. The number of aryl methyl sites for hydroxylation is 1. The maximum absolute atomic E-state index is 12.4. The molecule has 130 valence electrons. The maximum Gasteiger partial charge on any atom is 0.279 e. The van der Waals surface area contributed by atoms with Gasteiger partial charge in [-0.2, -0.15) is 9.36 Å². The molecule has 6 nitrogen and oxygen atoms in total. The van der Waals surface area contributed by atoms with E-state index in [1.807, 2.05) is 43.3 Å². The minimum Gasteiger partial charge on any atom is -0.355 e. The number of anilines is 1. The molecule has 0 aliphatic rings. The molecule has 1 N–H and O–H groups in total. The summed E-state index contributed by atoms with van der Waals surface area (Å²) in [4.78, 5) is 18.9. The number of halogens is 1. The van der Waals surface area contributed by atoms with Crippen LogP contribution in [0.5, 0.6) is 0 Å². The summed E-state index contributed by atoms with van der Waals surface area (Å²) in [5.74, 6) is 0.746. The summed E-state index contributed by atoms with van der Waals surface area (Å²) >= 11 is 6.12. The topological polar surface area (TPSA) is 80.9 Å². The Bertz CT molecular complexity index is 1070. The van der Waals surface area contributed by atoms with E-state index >= 15 is 0 Å². The van der Waals surface area contributed by atoms with E-state index in [9.17, 15) is 4.79 Å². The third-order valence-electron chi connectivity index (χ3n) is 3.48. The molecule has 3 aromatic heterocycles. The summed E-state index contributed by atoms with van der Waals surface area (Å²) in [6.07, 6.45) is 0. The molecule has 0 atom stereocenters. The fourth-order valence-electron chi connectivity index (χ4n) is 2.22. The minimum absolute atomic E-state index is 0.187. The molecular weight excluding hydrogens is 436 g/mol. The van der Waals surface area contributed by atoms with Gasteiger partial charge in [0.1, 0.15) is 0 Å². The molecule has 0 unspecified atom stereocenters. The van der Waals surface area contributed by atoms with Crippen molar-refractivity contribution < 1.29 is 9.32 Å². The van der Waals surface area contributed by atoms with Crippen molar-refractivity contribution in [2.75, 3.05) is 5.32 Å². The van der Waals surface area contributed by atoms with Crippen molar-refractivity contribution in [3.8, 4) is 22.0 Å². The fraction of sp³-hybridized carbons (Fsp3) is 0.0588. The van der Waals surface area contributed by atoms with Crippen LogP contribution >= 0.6 is 38.8 Å². The van der Waals surface area contributed by atoms with Gasteiger partial charge in [-0.1, -0.05) is 33.2 Å². The number of rotatable bonds is 4. The first-order valence-corrected chi connectivity index (χ1v) is 9.91. The Morgan fingerprint density at radius 1 is 1.19 bits per heavy atom. The van der Waals surface area contributed by atoms with Gasteiger partial charge in [0.25, 0.3) is 5.91 Å². The van der Waals surface area contributed by atoms with Crippen LogP contribution in [0.4, 0.5) is 5.13 Å². The van der Waals surface area contributed by atoms with Crippen LogP contribution in [0.2, 0.25) is 0 Å². The highest BCUT2D eigenvalue weighted by atomic mass is 79.9. The quantitative estimate of drug-likeness (QED) is 0.463. The van der Waals surface area contributed by atoms with Crippen molar-refractivity contribution in [1.29, 1.82) is 0 Å². The Balaban J connectivity index is 1.49. The van der Waals surface area contributed by atoms with Gasteiger partial charge in [-0.3, -0.25) is 10.1 Å². The number of aromatic nitrogens is 3. The average Bonchev–Trinajstić information content (AvgIpc) is 3.35. The molecular formula is C17H11BrN4O2S2. The zero-order valence-electron chi connectivity index (χ0n) is 13.4. The van der Waals surface area contributed by atoms with E-state index in [2.05, 4.69) is 35.8 Å². The second-order valence-electron chi connectivity index (χ2n) is 5.37. The van der Waals surface area contributed by atoms with Gasteiger partial charge >= 0.3 is 0 Å². The highest BCUT2D eigenvalue weighted by molar-refractivity contribution is 9.10. The number of hydrogen-bond acceptors (Lipinski definition) is 7. The fourth-order valence-corrected chi connectivity index (χ4v) is 3.92. The molecule has 26 heavy (non-hydrogen) atoms. The zero-order chi connectivity index (χ0) is 18.1. The predicted octanol–water partition coefficient (Wildman–Crippen LogP) is 5.24. The number of nitrogens with zero attached hydrogens (tertiary/aromatic N) is 3. The van der Waals surface area contributed by atoms with E-state index in [0.717, 1.165) is 26.4 Å². The van der Waals surface area contributed by atoms with Crippen LogP contribution in [0, 0.1) is 6.92 Å². The molecule has 9 heteroatoms. The summed E-state index contributed by atoms with van der Waals surface area (Å²) in [7, 11) is 0. The third-order valence-corrected chi connectivity index (χ3v) is 5.63. The van der Waals surface area contributed by atoms with E-state index in [1.165, 1.54) is 4.88 Å². The summed E-state index contributed by atoms with van der Waals surface area (Å²) in [6, 6.07) is 13.1. The van der Waals surface area contributed by atoms with Crippen molar-refractivity contribution in [3.05, 3.63) is 57.5 Å². The van der Waals surface area contributed by atoms with E-state index < -0.39 is 0 Å². The first kappa shape index (κ1) is 17.1. The molecule has 0 spiro atoms. The van der Waals surface area contributed by atoms with Crippen molar-refractivity contribution in [3.63, 3.8) is 0 Å². The lowest BCUT2D eigenvalue weighted by Gasteiger charge is -1.95. The molecule has 0 fully saturated rings. The molecule has 1 aromatic carbocycles. The number of carbonyl (C=O) groups excluding carboxylic acids is 1. The van der Waals surface area contributed by atoms with Crippen LogP contribution in [-0.2, 0) is 0 Å². The van der Waals surface area contributed by atoms with Crippen LogP contribution in [-0.4, -0.2) is 20.4 Å². The zero-order valence-corrected chi connectivity index (χ0v) is 16.6. The SMILES string of the molecule is Cc1ccc(-c2nsc(NC(=O)c3cc(-c4ccc(Br)cc4)on3)n2)s1. The Morgan fingerprint density at radius 3 is 2.73 bits per heavy atom. The van der Waals surface area contributed by atoms with E-state index in [-0.39, 0.29) is 11.6 Å². The summed E-state index contributed by atoms with van der Waals surface area (Å²) in [5, 5.41) is 6.97. The number of thiophene rings is 1. The first-order valence-electron chi connectivity index (χ1n) is 7.53. The number of benzene rings is 1. The minimum atomic E-state index is -0.387. The predicted molar refractivity (Wildman–Crippen MR) is 106 cm³/mol. The van der Waals surface area contributed by atoms with Crippen molar-refractivity contribution >= 4 is 49.8 Å². The Kier molecular flexibility index (Phi) is 4.66. The second-order valence-corrected chi connectivity index (χ2v) is 8.33. The van der Waals surface area contributed by atoms with Crippen molar-refractivity contribution in [2.45, 2.75) is 6.92 Å². The molecule has 0 aliphatic carbocycles. The van der Waals surface area contributed by atoms with Gasteiger partial charge in [-0.05, 0) is 31.2 Å². The van der Waals surface area contributed by atoms with Crippen molar-refractivity contribution in [1.82, 2.24) is 14.5 Å². The van der Waals surface area contributed by atoms with E-state index in [4.69, 9.17) is 4.52 Å². The lowest BCUT2D eigenvalue weighted by atomic mass is 10.1. The first-order chi connectivity index (χ1) is 12.6. The van der Waals surface area contributed by atoms with E-state index in [0.29, 0.717) is 16.7 Å². The van der Waals surface area contributed by atoms with Gasteiger partial charge in [-0.25, -0.2) is 0 Å². The highest BCUT2D eigenvalue weighted by Gasteiger charge is 2.16. The van der Waals surface area contributed by atoms with Crippen LogP contribution in [0.1, 0.15) is 15.4 Å². The monoisotopic (exact) mass is 446 g/mol. The van der Waals surface area contributed by atoms with Crippen LogP contribution in [0.3, 0.4) is 0 Å². The lowest BCUT2D eigenvalue weighted by molar-refractivity contribution is 0.101. The third kappa shape index (κ3) is 3.59. The second kappa shape index (κ2) is 7.10. The lowest BCUT2D eigenvalue weighted by Crippen LogP contribution is -2.11.